The molecule has 0 aliphatic heterocycles. The maximum absolute atomic E-state index is 8.65. The molecule has 0 spiro atoms. The van der Waals surface area contributed by atoms with E-state index in [0.29, 0.717) is 12.3 Å². The van der Waals surface area contributed by atoms with Gasteiger partial charge in [-0.3, -0.25) is 0 Å². The van der Waals surface area contributed by atoms with Gasteiger partial charge in [0.2, 0.25) is 0 Å². The molecular weight excluding hydrogens is 202 g/mol. The quantitative estimate of drug-likeness (QED) is 0.685. The van der Waals surface area contributed by atoms with Gasteiger partial charge in [0.1, 0.15) is 11.8 Å². The van der Waals surface area contributed by atoms with Crippen molar-refractivity contribution in [3.8, 4) is 6.07 Å². The molecule has 1 rings (SSSR count). The van der Waals surface area contributed by atoms with Crippen LogP contribution in [0, 0.1) is 11.3 Å². The predicted molar refractivity (Wildman–Crippen MR) is 63.3 cm³/mol. The fraction of sp³-hybridized carbons (Fsp3) is 0.500. The molecule has 0 aliphatic carbocycles. The highest BCUT2D eigenvalue weighted by molar-refractivity contribution is 5.45. The van der Waals surface area contributed by atoms with Crippen molar-refractivity contribution in [2.75, 3.05) is 31.2 Å². The van der Waals surface area contributed by atoms with E-state index in [9.17, 15) is 0 Å². The van der Waals surface area contributed by atoms with E-state index in [1.165, 1.54) is 0 Å². The number of nitriles is 1. The van der Waals surface area contributed by atoms with Crippen molar-refractivity contribution in [3.05, 3.63) is 24.0 Å². The molecule has 16 heavy (non-hydrogen) atoms. The summed E-state index contributed by atoms with van der Waals surface area (Å²) in [4.78, 5) is 6.22. The third kappa shape index (κ3) is 3.52. The largest absolute Gasteiger partial charge is 0.380 e. The summed E-state index contributed by atoms with van der Waals surface area (Å²) in [6.07, 6.45) is 1.73. The lowest BCUT2D eigenvalue weighted by Gasteiger charge is -2.22. The van der Waals surface area contributed by atoms with E-state index in [-0.39, 0.29) is 0 Å². The highest BCUT2D eigenvalue weighted by atomic mass is 16.5. The van der Waals surface area contributed by atoms with Crippen molar-refractivity contribution in [1.29, 1.82) is 5.26 Å². The maximum atomic E-state index is 8.65. The lowest BCUT2D eigenvalue weighted by atomic mass is 10.3. The number of nitrogens with zero attached hydrogens (tertiary/aromatic N) is 3. The molecular formula is C12H17N3O. The molecule has 0 N–H and O–H groups in total. The molecule has 1 aromatic rings. The van der Waals surface area contributed by atoms with Gasteiger partial charge >= 0.3 is 0 Å². The van der Waals surface area contributed by atoms with Crippen LogP contribution >= 0.6 is 0 Å². The molecule has 86 valence electrons. The molecule has 1 aromatic heterocycles. The zero-order valence-corrected chi connectivity index (χ0v) is 9.81. The molecule has 0 fully saturated rings. The SMILES string of the molecule is CCOCCN(CC)c1ccc(C#N)nc1. The zero-order valence-electron chi connectivity index (χ0n) is 9.81. The number of rotatable bonds is 6. The molecule has 0 aromatic carbocycles. The summed E-state index contributed by atoms with van der Waals surface area (Å²) in [5.41, 5.74) is 1.48. The van der Waals surface area contributed by atoms with Crippen molar-refractivity contribution in [2.24, 2.45) is 0 Å². The molecule has 0 atom stereocenters. The predicted octanol–water partition coefficient (Wildman–Crippen LogP) is 1.82. The van der Waals surface area contributed by atoms with Crippen LogP contribution < -0.4 is 4.90 Å². The molecule has 0 unspecified atom stereocenters. The number of ether oxygens (including phenoxy) is 1. The average molecular weight is 219 g/mol. The second-order valence-corrected chi connectivity index (χ2v) is 3.29. The summed E-state index contributed by atoms with van der Waals surface area (Å²) in [6, 6.07) is 5.66. The van der Waals surface area contributed by atoms with Crippen LogP contribution in [0.15, 0.2) is 18.3 Å². The lowest BCUT2D eigenvalue weighted by molar-refractivity contribution is 0.154. The van der Waals surface area contributed by atoms with Gasteiger partial charge in [0.15, 0.2) is 0 Å². The molecule has 1 heterocycles. The van der Waals surface area contributed by atoms with Gasteiger partial charge in [-0.2, -0.15) is 5.26 Å². The molecule has 0 amide bonds. The Morgan fingerprint density at radius 2 is 2.25 bits per heavy atom. The van der Waals surface area contributed by atoms with Gasteiger partial charge in [-0.15, -0.1) is 0 Å². The monoisotopic (exact) mass is 219 g/mol. The summed E-state index contributed by atoms with van der Waals surface area (Å²) < 4.78 is 5.32. The Hall–Kier alpha value is -1.60. The van der Waals surface area contributed by atoms with Crippen LogP contribution in [0.25, 0.3) is 0 Å². The van der Waals surface area contributed by atoms with E-state index in [1.54, 1.807) is 12.3 Å². The van der Waals surface area contributed by atoms with Gasteiger partial charge in [-0.05, 0) is 26.0 Å². The van der Waals surface area contributed by atoms with Crippen LogP contribution in [0.1, 0.15) is 19.5 Å². The van der Waals surface area contributed by atoms with E-state index in [1.807, 2.05) is 19.1 Å². The first kappa shape index (κ1) is 12.5. The van der Waals surface area contributed by atoms with Gasteiger partial charge in [-0.1, -0.05) is 0 Å². The van der Waals surface area contributed by atoms with Crippen LogP contribution in [-0.4, -0.2) is 31.3 Å². The Bertz CT molecular complexity index is 342. The standard InChI is InChI=1S/C12H17N3O/c1-3-15(7-8-16-4-2)12-6-5-11(9-13)14-10-12/h5-6,10H,3-4,7-8H2,1-2H3. The third-order valence-electron chi connectivity index (χ3n) is 2.32. The maximum Gasteiger partial charge on any atom is 0.140 e. The van der Waals surface area contributed by atoms with Crippen LogP contribution in [0.5, 0.6) is 0 Å². The number of hydrogen-bond acceptors (Lipinski definition) is 4. The molecule has 4 nitrogen and oxygen atoms in total. The topological polar surface area (TPSA) is 49.1 Å². The molecule has 0 radical (unpaired) electrons. The molecule has 0 aliphatic rings. The number of pyridine rings is 1. The molecule has 4 heteroatoms. The second-order valence-electron chi connectivity index (χ2n) is 3.29. The number of aromatic nitrogens is 1. The van der Waals surface area contributed by atoms with Crippen molar-refractivity contribution in [1.82, 2.24) is 4.98 Å². The third-order valence-corrected chi connectivity index (χ3v) is 2.32. The van der Waals surface area contributed by atoms with Gasteiger partial charge in [-0.25, -0.2) is 4.98 Å². The summed E-state index contributed by atoms with van der Waals surface area (Å²) in [7, 11) is 0. The Balaban J connectivity index is 2.60. The van der Waals surface area contributed by atoms with Crippen molar-refractivity contribution >= 4 is 5.69 Å². The summed E-state index contributed by atoms with van der Waals surface area (Å²) in [6.45, 7) is 7.27. The normalized spacial score (nSPS) is 9.81. The highest BCUT2D eigenvalue weighted by Crippen LogP contribution is 2.12. The Morgan fingerprint density at radius 3 is 2.75 bits per heavy atom. The first-order valence-electron chi connectivity index (χ1n) is 5.50. The van der Waals surface area contributed by atoms with E-state index >= 15 is 0 Å². The summed E-state index contributed by atoms with van der Waals surface area (Å²) in [5.74, 6) is 0. The Morgan fingerprint density at radius 1 is 1.44 bits per heavy atom. The van der Waals surface area contributed by atoms with Crippen molar-refractivity contribution in [2.45, 2.75) is 13.8 Å². The van der Waals surface area contributed by atoms with Crippen molar-refractivity contribution < 1.29 is 4.74 Å². The van der Waals surface area contributed by atoms with Gasteiger partial charge < -0.3 is 9.64 Å². The van der Waals surface area contributed by atoms with Crippen LogP contribution in [0.2, 0.25) is 0 Å². The Labute approximate surface area is 96.5 Å². The van der Waals surface area contributed by atoms with Gasteiger partial charge in [0.25, 0.3) is 0 Å². The zero-order chi connectivity index (χ0) is 11.8. The number of likely N-dealkylation sites (N-methyl/N-ethyl adjacent to an activating group) is 1. The summed E-state index contributed by atoms with van der Waals surface area (Å²) in [5, 5.41) is 8.65. The van der Waals surface area contributed by atoms with Gasteiger partial charge in [0, 0.05) is 19.7 Å². The van der Waals surface area contributed by atoms with Crippen LogP contribution in [0.4, 0.5) is 5.69 Å². The lowest BCUT2D eigenvalue weighted by Crippen LogP contribution is -2.27. The first-order valence-corrected chi connectivity index (χ1v) is 5.50. The minimum Gasteiger partial charge on any atom is -0.380 e. The van der Waals surface area contributed by atoms with Crippen LogP contribution in [-0.2, 0) is 4.74 Å². The van der Waals surface area contributed by atoms with E-state index in [2.05, 4.69) is 16.8 Å². The van der Waals surface area contributed by atoms with Crippen molar-refractivity contribution in [3.63, 3.8) is 0 Å². The average Bonchev–Trinajstić information content (AvgIpc) is 2.35. The fourth-order valence-electron chi connectivity index (χ4n) is 1.43. The highest BCUT2D eigenvalue weighted by Gasteiger charge is 2.04. The van der Waals surface area contributed by atoms with E-state index < -0.39 is 0 Å². The molecule has 0 saturated carbocycles. The minimum absolute atomic E-state index is 0.449. The van der Waals surface area contributed by atoms with Gasteiger partial charge in [0.05, 0.1) is 18.5 Å². The fourth-order valence-corrected chi connectivity index (χ4v) is 1.43. The number of hydrogen-bond donors (Lipinski definition) is 0. The Kier molecular flexibility index (Phi) is 5.30. The smallest absolute Gasteiger partial charge is 0.140 e. The molecule has 0 saturated heterocycles. The van der Waals surface area contributed by atoms with Crippen LogP contribution in [0.3, 0.4) is 0 Å². The number of anilines is 1. The second kappa shape index (κ2) is 6.81. The van der Waals surface area contributed by atoms with E-state index in [4.69, 9.17) is 10.00 Å². The van der Waals surface area contributed by atoms with E-state index in [0.717, 1.165) is 25.4 Å². The summed E-state index contributed by atoms with van der Waals surface area (Å²) >= 11 is 0. The first-order chi connectivity index (χ1) is 7.81. The molecule has 0 bridgehead atoms. The minimum atomic E-state index is 0.449.